The van der Waals surface area contributed by atoms with Crippen molar-refractivity contribution in [3.8, 4) is 5.75 Å². The van der Waals surface area contributed by atoms with Gasteiger partial charge in [0.1, 0.15) is 5.75 Å². The quantitative estimate of drug-likeness (QED) is 0.576. The first-order chi connectivity index (χ1) is 12.8. The van der Waals surface area contributed by atoms with Crippen molar-refractivity contribution < 1.29 is 23.9 Å². The monoisotopic (exact) mass is 389 g/mol. The number of hydrogen-bond donors (Lipinski definition) is 1. The van der Waals surface area contributed by atoms with E-state index in [1.165, 1.54) is 13.0 Å². The number of amides is 1. The number of esters is 1. The molecule has 0 aliphatic rings. The zero-order valence-electron chi connectivity index (χ0n) is 15.3. The van der Waals surface area contributed by atoms with E-state index in [9.17, 15) is 14.4 Å². The Morgan fingerprint density at radius 1 is 1.07 bits per heavy atom. The average molecular weight is 390 g/mol. The summed E-state index contributed by atoms with van der Waals surface area (Å²) < 4.78 is 10.2. The fraction of sp³-hybridized carbons (Fsp3) is 0.250. The highest BCUT2D eigenvalue weighted by Crippen LogP contribution is 2.27. The fourth-order valence-electron chi connectivity index (χ4n) is 2.38. The summed E-state index contributed by atoms with van der Waals surface area (Å²) in [4.78, 5) is 35.1. The van der Waals surface area contributed by atoms with Crippen molar-refractivity contribution in [2.75, 3.05) is 18.5 Å². The number of ether oxygens (including phenoxy) is 2. The molecule has 2 aromatic rings. The summed E-state index contributed by atoms with van der Waals surface area (Å²) in [5, 5.41) is 3.05. The highest BCUT2D eigenvalue weighted by molar-refractivity contribution is 6.34. The van der Waals surface area contributed by atoms with Crippen molar-refractivity contribution in [3.63, 3.8) is 0 Å². The van der Waals surface area contributed by atoms with Crippen molar-refractivity contribution in [1.29, 1.82) is 0 Å². The van der Waals surface area contributed by atoms with Gasteiger partial charge in [0.25, 0.3) is 5.91 Å². The standard InChI is InChI=1S/C20H20ClNO5/c1-12-7-13(2)20(17(21)8-12)22-18(24)10-27-19(25)11-26-16-6-4-5-15(9-16)14(3)23/h4-9H,10-11H2,1-3H3,(H,22,24). The summed E-state index contributed by atoms with van der Waals surface area (Å²) in [5.41, 5.74) is 2.76. The number of aryl methyl sites for hydroxylation is 2. The Balaban J connectivity index is 1.82. The lowest BCUT2D eigenvalue weighted by atomic mass is 10.1. The van der Waals surface area contributed by atoms with Gasteiger partial charge in [-0.3, -0.25) is 9.59 Å². The van der Waals surface area contributed by atoms with Gasteiger partial charge >= 0.3 is 5.97 Å². The van der Waals surface area contributed by atoms with Crippen LogP contribution in [0.1, 0.15) is 28.4 Å². The maximum Gasteiger partial charge on any atom is 0.344 e. The molecule has 0 bridgehead atoms. The molecule has 0 saturated heterocycles. The molecule has 0 unspecified atom stereocenters. The predicted octanol–water partition coefficient (Wildman–Crippen LogP) is 3.72. The van der Waals surface area contributed by atoms with Gasteiger partial charge in [0, 0.05) is 5.56 Å². The third-order valence-electron chi connectivity index (χ3n) is 3.66. The number of rotatable bonds is 7. The van der Waals surface area contributed by atoms with Crippen LogP contribution in [0.25, 0.3) is 0 Å². The van der Waals surface area contributed by atoms with Gasteiger partial charge in [0.2, 0.25) is 0 Å². The van der Waals surface area contributed by atoms with E-state index in [1.54, 1.807) is 24.3 Å². The second-order valence-corrected chi connectivity index (χ2v) is 6.43. The zero-order valence-corrected chi connectivity index (χ0v) is 16.1. The highest BCUT2D eigenvalue weighted by atomic mass is 35.5. The Morgan fingerprint density at radius 2 is 1.81 bits per heavy atom. The predicted molar refractivity (Wildman–Crippen MR) is 102 cm³/mol. The Bertz CT molecular complexity index is 855. The second-order valence-electron chi connectivity index (χ2n) is 6.02. The van der Waals surface area contributed by atoms with Gasteiger partial charge in [-0.15, -0.1) is 0 Å². The smallest absolute Gasteiger partial charge is 0.344 e. The maximum absolute atomic E-state index is 12.0. The number of carbonyl (C=O) groups excluding carboxylic acids is 3. The number of carbonyl (C=O) groups is 3. The van der Waals surface area contributed by atoms with Crippen molar-refractivity contribution in [1.82, 2.24) is 0 Å². The van der Waals surface area contributed by atoms with Crippen LogP contribution in [0.15, 0.2) is 36.4 Å². The van der Waals surface area contributed by atoms with Crippen LogP contribution in [0.2, 0.25) is 5.02 Å². The van der Waals surface area contributed by atoms with Crippen LogP contribution in [-0.4, -0.2) is 30.9 Å². The molecule has 0 spiro atoms. The summed E-state index contributed by atoms with van der Waals surface area (Å²) in [6.07, 6.45) is 0. The molecule has 0 saturated carbocycles. The topological polar surface area (TPSA) is 81.7 Å². The molecule has 6 nitrogen and oxygen atoms in total. The van der Waals surface area contributed by atoms with Gasteiger partial charge in [0.05, 0.1) is 10.7 Å². The van der Waals surface area contributed by atoms with Gasteiger partial charge in [-0.1, -0.05) is 29.8 Å². The van der Waals surface area contributed by atoms with E-state index in [1.807, 2.05) is 19.9 Å². The molecule has 0 aromatic heterocycles. The number of hydrogen-bond acceptors (Lipinski definition) is 5. The molecule has 0 atom stereocenters. The van der Waals surface area contributed by atoms with E-state index in [-0.39, 0.29) is 12.4 Å². The van der Waals surface area contributed by atoms with Crippen LogP contribution in [-0.2, 0) is 14.3 Å². The molecule has 7 heteroatoms. The third kappa shape index (κ3) is 6.11. The van der Waals surface area contributed by atoms with Crippen LogP contribution in [0.4, 0.5) is 5.69 Å². The molecule has 0 heterocycles. The van der Waals surface area contributed by atoms with Crippen LogP contribution < -0.4 is 10.1 Å². The third-order valence-corrected chi connectivity index (χ3v) is 3.96. The Kier molecular flexibility index (Phi) is 6.96. The number of nitrogens with one attached hydrogen (secondary N) is 1. The second kappa shape index (κ2) is 9.19. The molecule has 0 radical (unpaired) electrons. The van der Waals surface area contributed by atoms with Gasteiger partial charge in [-0.25, -0.2) is 4.79 Å². The average Bonchev–Trinajstić information content (AvgIpc) is 2.61. The van der Waals surface area contributed by atoms with E-state index < -0.39 is 18.5 Å². The van der Waals surface area contributed by atoms with Gasteiger partial charge in [-0.2, -0.15) is 0 Å². The summed E-state index contributed by atoms with van der Waals surface area (Å²) in [5.74, 6) is -0.947. The minimum Gasteiger partial charge on any atom is -0.482 e. The molecule has 0 fully saturated rings. The van der Waals surface area contributed by atoms with Crippen LogP contribution >= 0.6 is 11.6 Å². The molecule has 1 N–H and O–H groups in total. The number of halogens is 1. The van der Waals surface area contributed by atoms with E-state index in [4.69, 9.17) is 21.1 Å². The number of Topliss-reactive ketones (excluding diaryl/α,β-unsaturated/α-hetero) is 1. The lowest BCUT2D eigenvalue weighted by Gasteiger charge is -2.12. The molecule has 2 rings (SSSR count). The first kappa shape index (κ1) is 20.5. The van der Waals surface area contributed by atoms with E-state index >= 15 is 0 Å². The normalized spacial score (nSPS) is 10.2. The summed E-state index contributed by atoms with van der Waals surface area (Å²) >= 11 is 6.13. The number of benzene rings is 2. The SMILES string of the molecule is CC(=O)c1cccc(OCC(=O)OCC(=O)Nc2c(C)cc(C)cc2Cl)c1. The van der Waals surface area contributed by atoms with Crippen molar-refractivity contribution in [3.05, 3.63) is 58.1 Å². The molecule has 0 aliphatic carbocycles. The van der Waals surface area contributed by atoms with Crippen LogP contribution in [0.3, 0.4) is 0 Å². The fourth-order valence-corrected chi connectivity index (χ4v) is 2.75. The molecule has 0 aliphatic heterocycles. The van der Waals surface area contributed by atoms with Crippen molar-refractivity contribution in [2.45, 2.75) is 20.8 Å². The van der Waals surface area contributed by atoms with E-state index in [2.05, 4.69) is 5.32 Å². The van der Waals surface area contributed by atoms with Gasteiger partial charge in [-0.05, 0) is 50.1 Å². The lowest BCUT2D eigenvalue weighted by molar-refractivity contribution is -0.149. The minimum absolute atomic E-state index is 0.107. The summed E-state index contributed by atoms with van der Waals surface area (Å²) in [6, 6.07) is 10.1. The number of ketones is 1. The minimum atomic E-state index is -0.704. The molecule has 27 heavy (non-hydrogen) atoms. The Morgan fingerprint density at radius 3 is 2.48 bits per heavy atom. The lowest BCUT2D eigenvalue weighted by Crippen LogP contribution is -2.24. The Hall–Kier alpha value is -2.86. The molecular weight excluding hydrogens is 370 g/mol. The first-order valence-corrected chi connectivity index (χ1v) is 8.60. The molecular formula is C20H20ClNO5. The van der Waals surface area contributed by atoms with Crippen molar-refractivity contribution in [2.24, 2.45) is 0 Å². The highest BCUT2D eigenvalue weighted by Gasteiger charge is 2.12. The van der Waals surface area contributed by atoms with Gasteiger partial charge in [0.15, 0.2) is 19.0 Å². The Labute approximate surface area is 162 Å². The number of anilines is 1. The zero-order chi connectivity index (χ0) is 20.0. The van der Waals surface area contributed by atoms with Crippen molar-refractivity contribution >= 4 is 34.9 Å². The first-order valence-electron chi connectivity index (χ1n) is 8.22. The summed E-state index contributed by atoms with van der Waals surface area (Å²) in [6.45, 7) is 4.33. The molecule has 1 amide bonds. The van der Waals surface area contributed by atoms with Crippen LogP contribution in [0.5, 0.6) is 5.75 Å². The largest absolute Gasteiger partial charge is 0.482 e. The maximum atomic E-state index is 12.0. The van der Waals surface area contributed by atoms with E-state index in [0.29, 0.717) is 22.0 Å². The van der Waals surface area contributed by atoms with Gasteiger partial charge < -0.3 is 14.8 Å². The summed E-state index contributed by atoms with van der Waals surface area (Å²) in [7, 11) is 0. The molecule has 2 aromatic carbocycles. The van der Waals surface area contributed by atoms with E-state index in [0.717, 1.165) is 11.1 Å². The molecule has 142 valence electrons. The van der Waals surface area contributed by atoms with Crippen LogP contribution in [0, 0.1) is 13.8 Å².